The molecule has 0 aliphatic heterocycles. The molecule has 0 N–H and O–H groups in total. The first-order chi connectivity index (χ1) is 9.10. The molecule has 0 fully saturated rings. The van der Waals surface area contributed by atoms with Gasteiger partial charge in [0.15, 0.2) is 11.6 Å². The molecule has 0 saturated heterocycles. The molecule has 0 atom stereocenters. The second kappa shape index (κ2) is 5.49. The number of hydrogen-bond donors (Lipinski definition) is 0. The number of hydrogen-bond acceptors (Lipinski definition) is 2. The fourth-order valence-corrected chi connectivity index (χ4v) is 1.62. The first-order valence-electron chi connectivity index (χ1n) is 5.67. The van der Waals surface area contributed by atoms with Crippen LogP contribution in [0.2, 0.25) is 0 Å². The van der Waals surface area contributed by atoms with Gasteiger partial charge in [-0.3, -0.25) is 0 Å². The summed E-state index contributed by atoms with van der Waals surface area (Å²) >= 11 is 0. The summed E-state index contributed by atoms with van der Waals surface area (Å²) < 4.78 is 31.3. The van der Waals surface area contributed by atoms with Crippen molar-refractivity contribution in [3.05, 3.63) is 64.7 Å². The summed E-state index contributed by atoms with van der Waals surface area (Å²) in [6.07, 6.45) is 0. The highest BCUT2D eigenvalue weighted by molar-refractivity contribution is 5.41. The highest BCUT2D eigenvalue weighted by Gasteiger charge is 2.05. The fourth-order valence-electron chi connectivity index (χ4n) is 1.62. The van der Waals surface area contributed by atoms with Crippen LogP contribution in [0.5, 0.6) is 5.75 Å². The Labute approximate surface area is 109 Å². The maximum atomic E-state index is 13.0. The maximum Gasteiger partial charge on any atom is 0.159 e. The molecule has 0 spiro atoms. The lowest BCUT2D eigenvalue weighted by molar-refractivity contribution is 0.303. The zero-order valence-electron chi connectivity index (χ0n) is 10.3. The second-order valence-electron chi connectivity index (χ2n) is 4.13. The highest BCUT2D eigenvalue weighted by atomic mass is 19.2. The number of rotatable bonds is 3. The molecule has 0 unspecified atom stereocenters. The van der Waals surface area contributed by atoms with E-state index in [2.05, 4.69) is 0 Å². The lowest BCUT2D eigenvalue weighted by Crippen LogP contribution is -1.99. The Kier molecular flexibility index (Phi) is 3.76. The van der Waals surface area contributed by atoms with Crippen LogP contribution in [0, 0.1) is 29.9 Å². The van der Waals surface area contributed by atoms with Gasteiger partial charge < -0.3 is 4.74 Å². The fraction of sp³-hybridized carbons (Fsp3) is 0.133. The Morgan fingerprint density at radius 1 is 1.11 bits per heavy atom. The van der Waals surface area contributed by atoms with Crippen molar-refractivity contribution in [3.8, 4) is 11.8 Å². The zero-order valence-corrected chi connectivity index (χ0v) is 10.3. The van der Waals surface area contributed by atoms with E-state index in [1.807, 2.05) is 13.0 Å². The van der Waals surface area contributed by atoms with E-state index in [4.69, 9.17) is 10.00 Å². The SMILES string of the molecule is Cc1ccc(C#N)cc1OCc1ccc(F)c(F)c1. The first-order valence-corrected chi connectivity index (χ1v) is 5.67. The normalized spacial score (nSPS) is 10.0. The summed E-state index contributed by atoms with van der Waals surface area (Å²) in [6.45, 7) is 1.97. The topological polar surface area (TPSA) is 33.0 Å². The number of ether oxygens (including phenoxy) is 1. The van der Waals surface area contributed by atoms with Gasteiger partial charge in [-0.15, -0.1) is 0 Å². The van der Waals surface area contributed by atoms with Crippen LogP contribution in [0.15, 0.2) is 36.4 Å². The molecule has 0 amide bonds. The second-order valence-corrected chi connectivity index (χ2v) is 4.13. The molecule has 0 saturated carbocycles. The molecule has 0 aliphatic rings. The molecule has 0 aliphatic carbocycles. The molecule has 2 rings (SSSR count). The molecule has 2 aromatic rings. The molecule has 0 bridgehead atoms. The number of halogens is 2. The van der Waals surface area contributed by atoms with Crippen molar-refractivity contribution in [2.45, 2.75) is 13.5 Å². The van der Waals surface area contributed by atoms with Crippen LogP contribution in [-0.2, 0) is 6.61 Å². The van der Waals surface area contributed by atoms with Crippen molar-refractivity contribution < 1.29 is 13.5 Å². The molecule has 0 aromatic heterocycles. The van der Waals surface area contributed by atoms with Crippen molar-refractivity contribution in [2.24, 2.45) is 0 Å². The van der Waals surface area contributed by atoms with Crippen LogP contribution in [0.4, 0.5) is 8.78 Å². The van der Waals surface area contributed by atoms with E-state index in [1.165, 1.54) is 6.07 Å². The van der Waals surface area contributed by atoms with E-state index in [0.717, 1.165) is 17.7 Å². The van der Waals surface area contributed by atoms with Crippen LogP contribution in [0.3, 0.4) is 0 Å². The Morgan fingerprint density at radius 2 is 1.89 bits per heavy atom. The summed E-state index contributed by atoms with van der Waals surface area (Å²) in [4.78, 5) is 0. The van der Waals surface area contributed by atoms with Gasteiger partial charge in [0, 0.05) is 0 Å². The summed E-state index contributed by atoms with van der Waals surface area (Å²) in [5, 5.41) is 8.81. The third-order valence-electron chi connectivity index (χ3n) is 2.70. The Hall–Kier alpha value is -2.41. The number of nitriles is 1. The van der Waals surface area contributed by atoms with Crippen molar-refractivity contribution in [2.75, 3.05) is 0 Å². The first kappa shape index (κ1) is 13.0. The van der Waals surface area contributed by atoms with Crippen molar-refractivity contribution in [1.29, 1.82) is 5.26 Å². The van der Waals surface area contributed by atoms with Gasteiger partial charge in [0.1, 0.15) is 12.4 Å². The van der Waals surface area contributed by atoms with Gasteiger partial charge in [0.2, 0.25) is 0 Å². The quantitative estimate of drug-likeness (QED) is 0.841. The van der Waals surface area contributed by atoms with Gasteiger partial charge in [-0.1, -0.05) is 12.1 Å². The van der Waals surface area contributed by atoms with Crippen LogP contribution in [0.1, 0.15) is 16.7 Å². The predicted molar refractivity (Wildman–Crippen MR) is 66.6 cm³/mol. The standard InChI is InChI=1S/C15H11F2NO/c1-10-2-3-11(8-18)7-15(10)19-9-12-4-5-13(16)14(17)6-12/h2-7H,9H2,1H3. The average Bonchev–Trinajstić information content (AvgIpc) is 2.41. The van der Waals surface area contributed by atoms with Gasteiger partial charge >= 0.3 is 0 Å². The van der Waals surface area contributed by atoms with E-state index < -0.39 is 11.6 Å². The molecule has 0 radical (unpaired) electrons. The van der Waals surface area contributed by atoms with E-state index in [1.54, 1.807) is 18.2 Å². The Morgan fingerprint density at radius 3 is 2.58 bits per heavy atom. The molecule has 4 heteroatoms. The summed E-state index contributed by atoms with van der Waals surface area (Å²) in [6, 6.07) is 10.7. The zero-order chi connectivity index (χ0) is 13.8. The van der Waals surface area contributed by atoms with Crippen LogP contribution >= 0.6 is 0 Å². The van der Waals surface area contributed by atoms with Gasteiger partial charge in [-0.25, -0.2) is 8.78 Å². The van der Waals surface area contributed by atoms with Gasteiger partial charge in [0.25, 0.3) is 0 Å². The van der Waals surface area contributed by atoms with Crippen molar-refractivity contribution >= 4 is 0 Å². The number of nitrogens with zero attached hydrogens (tertiary/aromatic N) is 1. The van der Waals surface area contributed by atoms with Crippen molar-refractivity contribution in [3.63, 3.8) is 0 Å². The van der Waals surface area contributed by atoms with E-state index >= 15 is 0 Å². The van der Waals surface area contributed by atoms with E-state index in [0.29, 0.717) is 16.9 Å². The van der Waals surface area contributed by atoms with E-state index in [9.17, 15) is 8.78 Å². The van der Waals surface area contributed by atoms with Crippen molar-refractivity contribution in [1.82, 2.24) is 0 Å². The summed E-state index contributed by atoms with van der Waals surface area (Å²) in [7, 11) is 0. The minimum Gasteiger partial charge on any atom is -0.489 e. The predicted octanol–water partition coefficient (Wildman–Crippen LogP) is 3.72. The molecular weight excluding hydrogens is 248 g/mol. The maximum absolute atomic E-state index is 13.0. The average molecular weight is 259 g/mol. The Bertz CT molecular complexity index is 647. The van der Waals surface area contributed by atoms with Crippen LogP contribution in [0.25, 0.3) is 0 Å². The molecule has 2 aromatic carbocycles. The lowest BCUT2D eigenvalue weighted by atomic mass is 10.1. The molecule has 19 heavy (non-hydrogen) atoms. The summed E-state index contributed by atoms with van der Waals surface area (Å²) in [5.41, 5.74) is 1.90. The minimum atomic E-state index is -0.899. The third-order valence-corrected chi connectivity index (χ3v) is 2.70. The lowest BCUT2D eigenvalue weighted by Gasteiger charge is -2.09. The van der Waals surface area contributed by atoms with Gasteiger partial charge in [-0.2, -0.15) is 5.26 Å². The molecular formula is C15H11F2NO. The number of aryl methyl sites for hydroxylation is 1. The molecule has 96 valence electrons. The minimum absolute atomic E-state index is 0.118. The van der Waals surface area contributed by atoms with Gasteiger partial charge in [0.05, 0.1) is 11.6 Å². The largest absolute Gasteiger partial charge is 0.489 e. The summed E-state index contributed by atoms with van der Waals surface area (Å²) in [5.74, 6) is -1.22. The monoisotopic (exact) mass is 259 g/mol. The van der Waals surface area contributed by atoms with E-state index in [-0.39, 0.29) is 6.61 Å². The molecule has 0 heterocycles. The van der Waals surface area contributed by atoms with Crippen LogP contribution < -0.4 is 4.74 Å². The highest BCUT2D eigenvalue weighted by Crippen LogP contribution is 2.21. The smallest absolute Gasteiger partial charge is 0.159 e. The van der Waals surface area contributed by atoms with Crippen LogP contribution in [-0.4, -0.2) is 0 Å². The number of benzene rings is 2. The van der Waals surface area contributed by atoms with Gasteiger partial charge in [-0.05, 0) is 42.3 Å². The third kappa shape index (κ3) is 3.08. The Balaban J connectivity index is 2.14. The molecule has 2 nitrogen and oxygen atoms in total.